The van der Waals surface area contributed by atoms with Crippen molar-refractivity contribution in [3.05, 3.63) is 29.8 Å². The van der Waals surface area contributed by atoms with E-state index in [9.17, 15) is 13.2 Å². The lowest BCUT2D eigenvalue weighted by Crippen LogP contribution is -2.42. The van der Waals surface area contributed by atoms with Crippen molar-refractivity contribution >= 4 is 16.2 Å². The molecule has 1 fully saturated rings. The second-order valence-corrected chi connectivity index (χ2v) is 6.94. The number of rotatable bonds is 7. The van der Waals surface area contributed by atoms with Gasteiger partial charge in [-0.05, 0) is 30.5 Å². The van der Waals surface area contributed by atoms with Gasteiger partial charge in [-0.3, -0.25) is 4.18 Å². The summed E-state index contributed by atoms with van der Waals surface area (Å²) >= 11 is 0. The second-order valence-electron chi connectivity index (χ2n) is 5.20. The predicted octanol–water partition coefficient (Wildman–Crippen LogP) is 1.43. The van der Waals surface area contributed by atoms with Gasteiger partial charge in [-0.1, -0.05) is 12.1 Å². The van der Waals surface area contributed by atoms with E-state index in [0.29, 0.717) is 12.8 Å². The van der Waals surface area contributed by atoms with Crippen molar-refractivity contribution in [1.29, 1.82) is 0 Å². The first-order valence-corrected chi connectivity index (χ1v) is 8.32. The van der Waals surface area contributed by atoms with Crippen LogP contribution in [-0.4, -0.2) is 40.0 Å². The summed E-state index contributed by atoms with van der Waals surface area (Å²) in [6.07, 6.45) is 0.542. The summed E-state index contributed by atoms with van der Waals surface area (Å²) in [7, 11) is -0.943. The third-order valence-corrected chi connectivity index (χ3v) is 4.87. The van der Waals surface area contributed by atoms with Crippen LogP contribution in [0.1, 0.15) is 18.4 Å². The van der Waals surface area contributed by atoms with Crippen molar-refractivity contribution in [2.24, 2.45) is 0 Å². The molecule has 0 bridgehead atoms. The van der Waals surface area contributed by atoms with Crippen molar-refractivity contribution in [3.63, 3.8) is 0 Å². The largest absolute Gasteiger partial charge is 0.497 e. The molecule has 1 aromatic carbocycles. The van der Waals surface area contributed by atoms with Crippen molar-refractivity contribution in [2.45, 2.75) is 25.0 Å². The smallest absolute Gasteiger partial charge is 0.407 e. The Bertz CT molecular complexity index is 621. The number of methoxy groups -OCH3 is 1. The number of hydrogen-bond acceptors (Lipinski definition) is 6. The maximum atomic E-state index is 11.8. The number of amides is 1. The number of hydrogen-bond donors (Lipinski definition) is 1. The lowest BCUT2D eigenvalue weighted by atomic mass is 10.2. The molecule has 1 aliphatic rings. The fourth-order valence-electron chi connectivity index (χ4n) is 1.98. The first kappa shape index (κ1) is 16.6. The van der Waals surface area contributed by atoms with E-state index in [1.165, 1.54) is 0 Å². The van der Waals surface area contributed by atoms with Crippen LogP contribution in [0.5, 0.6) is 5.75 Å². The van der Waals surface area contributed by atoms with E-state index < -0.39 is 21.8 Å². The summed E-state index contributed by atoms with van der Waals surface area (Å²) in [5.74, 6) is 0.476. The standard InChI is InChI=1S/C14H19NO6S/c1-19-12-5-3-11(4-6-12)9-21-13(16)15-14(7-8-14)10-22(17,18)20-2/h3-6H,7-10H2,1-2H3,(H,15,16). The number of benzene rings is 1. The van der Waals surface area contributed by atoms with Crippen molar-refractivity contribution in [3.8, 4) is 5.75 Å². The van der Waals surface area contributed by atoms with Crippen LogP contribution in [0.15, 0.2) is 24.3 Å². The molecule has 0 heterocycles. The van der Waals surface area contributed by atoms with Crippen molar-refractivity contribution < 1.29 is 26.9 Å². The maximum absolute atomic E-state index is 11.8. The molecule has 7 nitrogen and oxygen atoms in total. The van der Waals surface area contributed by atoms with E-state index in [2.05, 4.69) is 9.50 Å². The summed E-state index contributed by atoms with van der Waals surface area (Å²) in [6.45, 7) is 0.100. The van der Waals surface area contributed by atoms with Gasteiger partial charge in [0.2, 0.25) is 0 Å². The molecule has 1 saturated carbocycles. The van der Waals surface area contributed by atoms with Gasteiger partial charge in [0, 0.05) is 0 Å². The molecule has 8 heteroatoms. The highest BCUT2D eigenvalue weighted by atomic mass is 32.2. The Hall–Kier alpha value is -1.80. The second kappa shape index (κ2) is 6.53. The molecule has 1 N–H and O–H groups in total. The third-order valence-electron chi connectivity index (χ3n) is 3.46. The van der Waals surface area contributed by atoms with Crippen molar-refractivity contribution in [1.82, 2.24) is 5.32 Å². The Morgan fingerprint density at radius 3 is 2.36 bits per heavy atom. The Morgan fingerprint density at radius 2 is 1.86 bits per heavy atom. The zero-order chi connectivity index (χ0) is 16.2. The molecule has 122 valence electrons. The molecule has 0 aromatic heterocycles. The topological polar surface area (TPSA) is 90.9 Å². The maximum Gasteiger partial charge on any atom is 0.407 e. The molecule has 0 spiro atoms. The molecular weight excluding hydrogens is 310 g/mol. The number of carbonyl (C=O) groups is 1. The zero-order valence-corrected chi connectivity index (χ0v) is 13.3. The lowest BCUT2D eigenvalue weighted by Gasteiger charge is -2.16. The number of carbonyl (C=O) groups excluding carboxylic acids is 1. The van der Waals surface area contributed by atoms with Crippen LogP contribution < -0.4 is 10.1 Å². The highest BCUT2D eigenvalue weighted by molar-refractivity contribution is 7.86. The predicted molar refractivity (Wildman–Crippen MR) is 79.1 cm³/mol. The molecule has 1 aliphatic carbocycles. The quantitative estimate of drug-likeness (QED) is 0.761. The molecule has 0 unspecified atom stereocenters. The molecular formula is C14H19NO6S. The van der Waals surface area contributed by atoms with Crippen molar-refractivity contribution in [2.75, 3.05) is 20.0 Å². The Labute approximate surface area is 129 Å². The average molecular weight is 329 g/mol. The summed E-state index contributed by atoms with van der Waals surface area (Å²) in [5, 5.41) is 2.61. The minimum absolute atomic E-state index is 0.100. The van der Waals surface area contributed by atoms with Gasteiger partial charge in [0.15, 0.2) is 0 Å². The van der Waals surface area contributed by atoms with Crippen LogP contribution in [-0.2, 0) is 25.6 Å². The highest BCUT2D eigenvalue weighted by Gasteiger charge is 2.48. The van der Waals surface area contributed by atoms with E-state index in [4.69, 9.17) is 9.47 Å². The minimum atomic E-state index is -3.62. The van der Waals surface area contributed by atoms with Gasteiger partial charge in [0.1, 0.15) is 12.4 Å². The average Bonchev–Trinajstić information content (AvgIpc) is 3.24. The third kappa shape index (κ3) is 4.60. The fraction of sp³-hybridized carbons (Fsp3) is 0.500. The van der Waals surface area contributed by atoms with Gasteiger partial charge in [0.05, 0.1) is 25.5 Å². The monoisotopic (exact) mass is 329 g/mol. The lowest BCUT2D eigenvalue weighted by molar-refractivity contribution is 0.135. The van der Waals surface area contributed by atoms with E-state index in [1.807, 2.05) is 0 Å². The normalized spacial score (nSPS) is 15.9. The molecule has 0 saturated heterocycles. The molecule has 0 aliphatic heterocycles. The first-order chi connectivity index (χ1) is 10.4. The van der Waals surface area contributed by atoms with Gasteiger partial charge in [-0.2, -0.15) is 8.42 Å². The molecule has 2 rings (SSSR count). The van der Waals surface area contributed by atoms with E-state index >= 15 is 0 Å². The van der Waals surface area contributed by atoms with E-state index in [1.54, 1.807) is 31.4 Å². The van der Waals surface area contributed by atoms with Crippen LogP contribution in [0.25, 0.3) is 0 Å². The summed E-state index contributed by atoms with van der Waals surface area (Å²) in [4.78, 5) is 11.8. The molecule has 1 amide bonds. The Morgan fingerprint density at radius 1 is 1.23 bits per heavy atom. The van der Waals surface area contributed by atoms with Crippen LogP contribution in [0.2, 0.25) is 0 Å². The van der Waals surface area contributed by atoms with Crippen LogP contribution in [0.3, 0.4) is 0 Å². The highest BCUT2D eigenvalue weighted by Crippen LogP contribution is 2.37. The number of ether oxygens (including phenoxy) is 2. The number of alkyl carbamates (subject to hydrolysis) is 1. The Balaban J connectivity index is 1.83. The van der Waals surface area contributed by atoms with Gasteiger partial charge in [-0.25, -0.2) is 4.79 Å². The van der Waals surface area contributed by atoms with Crippen LogP contribution in [0, 0.1) is 0 Å². The summed E-state index contributed by atoms with van der Waals surface area (Å²) in [6, 6.07) is 7.11. The minimum Gasteiger partial charge on any atom is -0.497 e. The van der Waals surface area contributed by atoms with Gasteiger partial charge >= 0.3 is 6.09 Å². The first-order valence-electron chi connectivity index (χ1n) is 6.74. The van der Waals surface area contributed by atoms with Gasteiger partial charge < -0.3 is 14.8 Å². The number of nitrogens with one attached hydrogen (secondary N) is 1. The Kier molecular flexibility index (Phi) is 4.92. The molecule has 0 atom stereocenters. The van der Waals surface area contributed by atoms with Crippen LogP contribution >= 0.6 is 0 Å². The van der Waals surface area contributed by atoms with E-state index in [0.717, 1.165) is 18.4 Å². The summed E-state index contributed by atoms with van der Waals surface area (Å²) < 4.78 is 37.5. The SMILES string of the molecule is COc1ccc(COC(=O)NC2(CS(=O)(=O)OC)CC2)cc1. The zero-order valence-electron chi connectivity index (χ0n) is 12.5. The van der Waals surface area contributed by atoms with Gasteiger partial charge in [-0.15, -0.1) is 0 Å². The van der Waals surface area contributed by atoms with E-state index in [-0.39, 0.29) is 12.4 Å². The fourth-order valence-corrected chi connectivity index (χ4v) is 3.13. The van der Waals surface area contributed by atoms with Gasteiger partial charge in [0.25, 0.3) is 10.1 Å². The molecule has 22 heavy (non-hydrogen) atoms. The summed E-state index contributed by atoms with van der Waals surface area (Å²) in [5.41, 5.74) is 0.0524. The molecule has 0 radical (unpaired) electrons. The molecule has 1 aromatic rings. The van der Waals surface area contributed by atoms with Crippen LogP contribution in [0.4, 0.5) is 4.79 Å².